The van der Waals surface area contributed by atoms with E-state index in [1.807, 2.05) is 0 Å². The van der Waals surface area contributed by atoms with Gasteiger partial charge in [-0.15, -0.1) is 0 Å². The van der Waals surface area contributed by atoms with Crippen LogP contribution >= 0.6 is 0 Å². The molecule has 1 rings (SSSR count). The van der Waals surface area contributed by atoms with Gasteiger partial charge in [0.1, 0.15) is 0 Å². The molecular formula is C19H27N. The Morgan fingerprint density at radius 2 is 1.55 bits per heavy atom. The molecule has 0 saturated heterocycles. The van der Waals surface area contributed by atoms with Crippen LogP contribution in [0.2, 0.25) is 0 Å². The first-order valence-electron chi connectivity index (χ1n) is 7.59. The van der Waals surface area contributed by atoms with Gasteiger partial charge < -0.3 is 4.90 Å². The van der Waals surface area contributed by atoms with Gasteiger partial charge in [-0.05, 0) is 31.5 Å². The molecule has 0 atom stereocenters. The molecule has 0 fully saturated rings. The van der Waals surface area contributed by atoms with E-state index in [9.17, 15) is 0 Å². The number of rotatable bonds is 9. The van der Waals surface area contributed by atoms with Crippen molar-refractivity contribution in [2.75, 3.05) is 19.6 Å². The number of benzene rings is 1. The van der Waals surface area contributed by atoms with Crippen molar-refractivity contribution < 1.29 is 0 Å². The highest BCUT2D eigenvalue weighted by molar-refractivity contribution is 5.17. The first-order valence-corrected chi connectivity index (χ1v) is 7.59. The minimum absolute atomic E-state index is 1.00. The molecule has 0 saturated carbocycles. The van der Waals surface area contributed by atoms with Gasteiger partial charge in [-0.2, -0.15) is 0 Å². The van der Waals surface area contributed by atoms with Crippen LogP contribution in [0.25, 0.3) is 0 Å². The smallest absolute Gasteiger partial charge is 0.0166 e. The van der Waals surface area contributed by atoms with Gasteiger partial charge >= 0.3 is 0 Å². The predicted octanol–water partition coefficient (Wildman–Crippen LogP) is 4.63. The summed E-state index contributed by atoms with van der Waals surface area (Å²) in [7, 11) is 0. The molecule has 20 heavy (non-hydrogen) atoms. The van der Waals surface area contributed by atoms with Crippen LogP contribution in [-0.2, 0) is 6.42 Å². The number of allylic oxidation sites excluding steroid dienone is 5. The molecule has 0 radical (unpaired) electrons. The van der Waals surface area contributed by atoms with E-state index in [1.165, 1.54) is 5.56 Å². The molecule has 0 aliphatic rings. The first kappa shape index (κ1) is 16.5. The third kappa shape index (κ3) is 7.75. The SMILES string of the molecule is CCN(CC)C/C=C\C=C/C/C=C\Cc1ccccc1. The van der Waals surface area contributed by atoms with Gasteiger partial charge in [0.05, 0.1) is 0 Å². The maximum atomic E-state index is 2.39. The lowest BCUT2D eigenvalue weighted by Gasteiger charge is -2.14. The van der Waals surface area contributed by atoms with Crippen molar-refractivity contribution in [2.24, 2.45) is 0 Å². The summed E-state index contributed by atoms with van der Waals surface area (Å²) in [6.45, 7) is 7.68. The van der Waals surface area contributed by atoms with Crippen molar-refractivity contribution in [1.82, 2.24) is 4.90 Å². The summed E-state index contributed by atoms with van der Waals surface area (Å²) in [6.07, 6.45) is 15.2. The lowest BCUT2D eigenvalue weighted by atomic mass is 10.1. The van der Waals surface area contributed by atoms with Crippen LogP contribution in [0.4, 0.5) is 0 Å². The summed E-state index contributed by atoms with van der Waals surface area (Å²) in [5.74, 6) is 0. The highest BCUT2D eigenvalue weighted by Crippen LogP contribution is 2.00. The number of hydrogen-bond donors (Lipinski definition) is 0. The highest BCUT2D eigenvalue weighted by atomic mass is 15.1. The monoisotopic (exact) mass is 269 g/mol. The third-order valence-corrected chi connectivity index (χ3v) is 3.28. The molecule has 0 bridgehead atoms. The zero-order valence-corrected chi connectivity index (χ0v) is 12.8. The van der Waals surface area contributed by atoms with Crippen LogP contribution < -0.4 is 0 Å². The van der Waals surface area contributed by atoms with E-state index in [0.717, 1.165) is 32.5 Å². The van der Waals surface area contributed by atoms with Crippen molar-refractivity contribution in [3.63, 3.8) is 0 Å². The molecule has 1 aromatic carbocycles. The summed E-state index contributed by atoms with van der Waals surface area (Å²) in [4.78, 5) is 2.39. The molecule has 0 aliphatic carbocycles. The van der Waals surface area contributed by atoms with Crippen LogP contribution in [0.1, 0.15) is 25.8 Å². The molecule has 1 nitrogen and oxygen atoms in total. The molecular weight excluding hydrogens is 242 g/mol. The Balaban J connectivity index is 2.14. The predicted molar refractivity (Wildman–Crippen MR) is 90.0 cm³/mol. The Morgan fingerprint density at radius 3 is 2.25 bits per heavy atom. The van der Waals surface area contributed by atoms with Crippen LogP contribution in [0, 0.1) is 0 Å². The maximum Gasteiger partial charge on any atom is 0.0166 e. The zero-order chi connectivity index (χ0) is 14.5. The standard InChI is InChI=1S/C19H27N/c1-3-20(4-2)18-14-9-7-5-6-8-11-15-19-16-12-10-13-17-19/h5,7-14,16-17H,3-4,6,15,18H2,1-2H3/b7-5-,11-8-,14-9-. The van der Waals surface area contributed by atoms with E-state index in [-0.39, 0.29) is 0 Å². The van der Waals surface area contributed by atoms with Crippen molar-refractivity contribution >= 4 is 0 Å². The van der Waals surface area contributed by atoms with Gasteiger partial charge in [-0.25, -0.2) is 0 Å². The summed E-state index contributed by atoms with van der Waals surface area (Å²) in [5, 5.41) is 0. The Bertz CT molecular complexity index is 411. The summed E-state index contributed by atoms with van der Waals surface area (Å²) in [6, 6.07) is 10.6. The summed E-state index contributed by atoms with van der Waals surface area (Å²) < 4.78 is 0. The van der Waals surface area contributed by atoms with Gasteiger partial charge in [-0.3, -0.25) is 0 Å². The number of hydrogen-bond acceptors (Lipinski definition) is 1. The fourth-order valence-corrected chi connectivity index (χ4v) is 1.94. The second-order valence-corrected chi connectivity index (χ2v) is 4.74. The molecule has 0 heterocycles. The van der Waals surface area contributed by atoms with Gasteiger partial charge in [0, 0.05) is 6.54 Å². The van der Waals surface area contributed by atoms with Crippen molar-refractivity contribution in [3.05, 3.63) is 72.4 Å². The van der Waals surface area contributed by atoms with Crippen molar-refractivity contribution in [3.8, 4) is 0 Å². The molecule has 0 unspecified atom stereocenters. The van der Waals surface area contributed by atoms with Crippen LogP contribution in [0.3, 0.4) is 0 Å². The Kier molecular flexibility index (Phi) is 9.25. The fraction of sp³-hybridized carbons (Fsp3) is 0.368. The van der Waals surface area contributed by atoms with Crippen molar-refractivity contribution in [2.45, 2.75) is 26.7 Å². The topological polar surface area (TPSA) is 3.24 Å². The van der Waals surface area contributed by atoms with Gasteiger partial charge in [-0.1, -0.05) is 80.6 Å². The maximum absolute atomic E-state index is 2.39. The molecule has 0 amide bonds. The second kappa shape index (κ2) is 11.2. The molecule has 1 heteroatoms. The van der Waals surface area contributed by atoms with Crippen LogP contribution in [0.5, 0.6) is 0 Å². The molecule has 0 aliphatic heterocycles. The normalized spacial score (nSPS) is 12.3. The minimum Gasteiger partial charge on any atom is -0.300 e. The molecule has 0 N–H and O–H groups in total. The van der Waals surface area contributed by atoms with Gasteiger partial charge in [0.2, 0.25) is 0 Å². The average molecular weight is 269 g/mol. The first-order chi connectivity index (χ1) is 9.86. The lowest BCUT2D eigenvalue weighted by Crippen LogP contribution is -2.22. The zero-order valence-electron chi connectivity index (χ0n) is 12.8. The van der Waals surface area contributed by atoms with E-state index < -0.39 is 0 Å². The Hall–Kier alpha value is -1.60. The largest absolute Gasteiger partial charge is 0.300 e. The van der Waals surface area contributed by atoms with E-state index in [1.54, 1.807) is 0 Å². The molecule has 108 valence electrons. The van der Waals surface area contributed by atoms with Crippen LogP contribution in [0.15, 0.2) is 66.8 Å². The number of nitrogens with zero attached hydrogens (tertiary/aromatic N) is 1. The van der Waals surface area contributed by atoms with Crippen LogP contribution in [-0.4, -0.2) is 24.5 Å². The average Bonchev–Trinajstić information content (AvgIpc) is 2.50. The lowest BCUT2D eigenvalue weighted by molar-refractivity contribution is 0.337. The quantitative estimate of drug-likeness (QED) is 0.466. The third-order valence-electron chi connectivity index (χ3n) is 3.28. The number of likely N-dealkylation sites (N-methyl/N-ethyl adjacent to an activating group) is 1. The molecule has 1 aromatic rings. The minimum atomic E-state index is 1.00. The Labute approximate surface area is 124 Å². The van der Waals surface area contributed by atoms with E-state index in [0.29, 0.717) is 0 Å². The second-order valence-electron chi connectivity index (χ2n) is 4.74. The Morgan fingerprint density at radius 1 is 0.850 bits per heavy atom. The highest BCUT2D eigenvalue weighted by Gasteiger charge is 1.92. The van der Waals surface area contributed by atoms with Crippen molar-refractivity contribution in [1.29, 1.82) is 0 Å². The van der Waals surface area contributed by atoms with E-state index >= 15 is 0 Å². The van der Waals surface area contributed by atoms with Gasteiger partial charge in [0.25, 0.3) is 0 Å². The van der Waals surface area contributed by atoms with E-state index in [4.69, 9.17) is 0 Å². The molecule has 0 aromatic heterocycles. The molecule has 0 spiro atoms. The fourth-order valence-electron chi connectivity index (χ4n) is 1.94. The summed E-state index contributed by atoms with van der Waals surface area (Å²) >= 11 is 0. The van der Waals surface area contributed by atoms with Gasteiger partial charge in [0.15, 0.2) is 0 Å². The van der Waals surface area contributed by atoms with E-state index in [2.05, 4.69) is 85.5 Å². The summed E-state index contributed by atoms with van der Waals surface area (Å²) in [5.41, 5.74) is 1.37.